The number of hydrogen-bond acceptors (Lipinski definition) is 5. The van der Waals surface area contributed by atoms with Crippen LogP contribution in [0.1, 0.15) is 44.1 Å². The number of carboxylic acid groups (broad SMARTS) is 1. The number of aliphatic carboxylic acids is 1. The van der Waals surface area contributed by atoms with E-state index in [1.54, 1.807) is 0 Å². The van der Waals surface area contributed by atoms with Crippen LogP contribution in [0.25, 0.3) is 0 Å². The zero-order valence-electron chi connectivity index (χ0n) is 18.5. The van der Waals surface area contributed by atoms with Gasteiger partial charge in [-0.15, -0.1) is 0 Å². The molecule has 1 aromatic carbocycles. The zero-order valence-corrected chi connectivity index (χ0v) is 19.4. The van der Waals surface area contributed by atoms with Gasteiger partial charge in [0.15, 0.2) is 0 Å². The second kappa shape index (κ2) is 11.3. The van der Waals surface area contributed by atoms with Gasteiger partial charge in [0.1, 0.15) is 0 Å². The molecule has 2 rings (SSSR count). The highest BCUT2D eigenvalue weighted by atomic mass is 32.2. The SMILES string of the molecule is CN(CCC(=O)O)C(=O)CCOC1CCC(N(C)S(=O)(=O)c2ccc(C(F)(F)F)cc2)CC1. The van der Waals surface area contributed by atoms with Gasteiger partial charge in [-0.25, -0.2) is 8.42 Å². The first-order valence-corrected chi connectivity index (χ1v) is 12.0. The van der Waals surface area contributed by atoms with E-state index in [2.05, 4.69) is 0 Å². The van der Waals surface area contributed by atoms with Gasteiger partial charge in [-0.2, -0.15) is 17.5 Å². The van der Waals surface area contributed by atoms with Gasteiger partial charge >= 0.3 is 12.1 Å². The van der Waals surface area contributed by atoms with Crippen molar-refractivity contribution in [1.29, 1.82) is 0 Å². The third kappa shape index (κ3) is 7.68. The fraction of sp³-hybridized carbons (Fsp3) is 0.619. The monoisotopic (exact) mass is 494 g/mol. The standard InChI is InChI=1S/C21H29F3N2O6S/c1-25(13-11-20(28)29)19(27)12-14-32-17-7-5-16(6-8-17)26(2)33(30,31)18-9-3-15(4-10-18)21(22,23)24/h3-4,9-10,16-17H,5-8,11-14H2,1-2H3,(H,28,29). The molecule has 1 fully saturated rings. The van der Waals surface area contributed by atoms with Crippen LogP contribution in [-0.2, 0) is 30.5 Å². The highest BCUT2D eigenvalue weighted by molar-refractivity contribution is 7.89. The van der Waals surface area contributed by atoms with Gasteiger partial charge in [-0.1, -0.05) is 0 Å². The van der Waals surface area contributed by atoms with Crippen molar-refractivity contribution in [3.8, 4) is 0 Å². The third-order valence-electron chi connectivity index (χ3n) is 5.77. The number of amides is 1. The number of benzene rings is 1. The van der Waals surface area contributed by atoms with Crippen LogP contribution in [0, 0.1) is 0 Å². The number of alkyl halides is 3. The van der Waals surface area contributed by atoms with E-state index in [9.17, 15) is 31.2 Å². The maximum absolute atomic E-state index is 12.8. The lowest BCUT2D eigenvalue weighted by Crippen LogP contribution is -2.40. The van der Waals surface area contributed by atoms with Crippen molar-refractivity contribution in [2.24, 2.45) is 0 Å². The smallest absolute Gasteiger partial charge is 0.416 e. The van der Waals surface area contributed by atoms with E-state index in [1.807, 2.05) is 0 Å². The number of carbonyl (C=O) groups excluding carboxylic acids is 1. The lowest BCUT2D eigenvalue weighted by Gasteiger charge is -2.34. The summed E-state index contributed by atoms with van der Waals surface area (Å²) in [6.07, 6.45) is -2.46. The van der Waals surface area contributed by atoms with E-state index < -0.39 is 27.7 Å². The molecular formula is C21H29F3N2O6S. The van der Waals surface area contributed by atoms with Gasteiger partial charge in [-0.05, 0) is 49.9 Å². The minimum atomic E-state index is -4.54. The molecule has 1 N–H and O–H groups in total. The normalized spacial score (nSPS) is 19.5. The largest absolute Gasteiger partial charge is 0.481 e. The number of ether oxygens (including phenoxy) is 1. The predicted molar refractivity (Wildman–Crippen MR) is 113 cm³/mol. The number of carbonyl (C=O) groups is 2. The van der Waals surface area contributed by atoms with E-state index in [0.717, 1.165) is 24.3 Å². The van der Waals surface area contributed by atoms with Crippen LogP contribution < -0.4 is 0 Å². The first-order valence-electron chi connectivity index (χ1n) is 10.5. The highest BCUT2D eigenvalue weighted by Crippen LogP contribution is 2.32. The molecule has 12 heteroatoms. The number of rotatable bonds is 10. The molecule has 8 nitrogen and oxygen atoms in total. The summed E-state index contributed by atoms with van der Waals surface area (Å²) in [5.41, 5.74) is -0.909. The molecule has 1 aliphatic rings. The van der Waals surface area contributed by atoms with Gasteiger partial charge in [0, 0.05) is 26.7 Å². The molecule has 1 amide bonds. The Hall–Kier alpha value is -2.18. The minimum Gasteiger partial charge on any atom is -0.481 e. The number of sulfonamides is 1. The molecule has 0 atom stereocenters. The maximum Gasteiger partial charge on any atom is 0.416 e. The van der Waals surface area contributed by atoms with Crippen LogP contribution in [-0.4, -0.2) is 74.0 Å². The quantitative estimate of drug-likeness (QED) is 0.536. The van der Waals surface area contributed by atoms with Gasteiger partial charge in [-0.3, -0.25) is 9.59 Å². The van der Waals surface area contributed by atoms with Crippen LogP contribution in [0.3, 0.4) is 0 Å². The Morgan fingerprint density at radius 1 is 1.06 bits per heavy atom. The van der Waals surface area contributed by atoms with Crippen molar-refractivity contribution >= 4 is 21.9 Å². The first kappa shape index (κ1) is 27.1. The summed E-state index contributed by atoms with van der Waals surface area (Å²) in [4.78, 5) is 23.7. The van der Waals surface area contributed by atoms with Crippen LogP contribution in [0.15, 0.2) is 29.2 Å². The number of carboxylic acids is 1. The molecule has 0 aromatic heterocycles. The van der Waals surface area contributed by atoms with Crippen LogP contribution >= 0.6 is 0 Å². The van der Waals surface area contributed by atoms with Crippen LogP contribution in [0.4, 0.5) is 13.2 Å². The van der Waals surface area contributed by atoms with Gasteiger partial charge < -0.3 is 14.7 Å². The summed E-state index contributed by atoms with van der Waals surface area (Å²) in [6.45, 7) is 0.310. The number of nitrogens with zero attached hydrogens (tertiary/aromatic N) is 2. The Morgan fingerprint density at radius 2 is 1.64 bits per heavy atom. The van der Waals surface area contributed by atoms with Crippen molar-refractivity contribution in [3.63, 3.8) is 0 Å². The summed E-state index contributed by atoms with van der Waals surface area (Å²) in [6, 6.07) is 3.14. The Bertz CT molecular complexity index is 913. The van der Waals surface area contributed by atoms with E-state index in [4.69, 9.17) is 9.84 Å². The van der Waals surface area contributed by atoms with Gasteiger partial charge in [0.05, 0.1) is 36.0 Å². The van der Waals surface area contributed by atoms with Crippen molar-refractivity contribution in [1.82, 2.24) is 9.21 Å². The van der Waals surface area contributed by atoms with Crippen LogP contribution in [0.2, 0.25) is 0 Å². The molecule has 0 bridgehead atoms. The Morgan fingerprint density at radius 3 is 2.15 bits per heavy atom. The van der Waals surface area contributed by atoms with E-state index >= 15 is 0 Å². The van der Waals surface area contributed by atoms with Crippen molar-refractivity contribution in [3.05, 3.63) is 29.8 Å². The Balaban J connectivity index is 1.81. The first-order chi connectivity index (χ1) is 15.3. The van der Waals surface area contributed by atoms with Crippen LogP contribution in [0.5, 0.6) is 0 Å². The summed E-state index contributed by atoms with van der Waals surface area (Å²) in [7, 11) is -0.982. The topological polar surface area (TPSA) is 104 Å². The molecule has 1 saturated carbocycles. The summed E-state index contributed by atoms with van der Waals surface area (Å²) >= 11 is 0. The molecule has 0 aliphatic heterocycles. The molecule has 186 valence electrons. The van der Waals surface area contributed by atoms with E-state index in [1.165, 1.54) is 23.3 Å². The number of hydrogen-bond donors (Lipinski definition) is 1. The maximum atomic E-state index is 12.8. The summed E-state index contributed by atoms with van der Waals surface area (Å²) < 4.78 is 70.7. The van der Waals surface area contributed by atoms with Crippen molar-refractivity contribution in [2.75, 3.05) is 27.2 Å². The van der Waals surface area contributed by atoms with Crippen molar-refractivity contribution in [2.45, 2.75) is 61.7 Å². The lowest BCUT2D eigenvalue weighted by molar-refractivity contribution is -0.139. The molecular weight excluding hydrogens is 465 g/mol. The van der Waals surface area contributed by atoms with Gasteiger partial charge in [0.25, 0.3) is 0 Å². The van der Waals surface area contributed by atoms with E-state index in [0.29, 0.717) is 25.7 Å². The lowest BCUT2D eigenvalue weighted by atomic mass is 9.93. The Kier molecular flexibility index (Phi) is 9.27. The molecule has 0 heterocycles. The molecule has 1 aromatic rings. The summed E-state index contributed by atoms with van der Waals surface area (Å²) in [5.74, 6) is -1.19. The van der Waals surface area contributed by atoms with Gasteiger partial charge in [0.2, 0.25) is 15.9 Å². The molecule has 0 spiro atoms. The molecule has 0 radical (unpaired) electrons. The fourth-order valence-electron chi connectivity index (χ4n) is 3.65. The molecule has 1 aliphatic carbocycles. The highest BCUT2D eigenvalue weighted by Gasteiger charge is 2.34. The predicted octanol–water partition coefficient (Wildman–Crippen LogP) is 2.98. The minimum absolute atomic E-state index is 0.123. The summed E-state index contributed by atoms with van der Waals surface area (Å²) in [5, 5.41) is 8.66. The zero-order chi connectivity index (χ0) is 24.8. The second-order valence-electron chi connectivity index (χ2n) is 8.05. The molecule has 33 heavy (non-hydrogen) atoms. The number of halogens is 3. The average Bonchev–Trinajstić information content (AvgIpc) is 2.76. The Labute approximate surface area is 191 Å². The average molecular weight is 495 g/mol. The fourth-order valence-corrected chi connectivity index (χ4v) is 5.06. The van der Waals surface area contributed by atoms with E-state index in [-0.39, 0.29) is 48.9 Å². The third-order valence-corrected chi connectivity index (χ3v) is 7.70. The molecule has 0 unspecified atom stereocenters. The van der Waals surface area contributed by atoms with Crippen molar-refractivity contribution < 1.29 is 41.0 Å². The second-order valence-corrected chi connectivity index (χ2v) is 10.1. The molecule has 0 saturated heterocycles.